The number of hydrogen-bond acceptors (Lipinski definition) is 4. The number of carbonyl (C=O) groups is 1. The van der Waals surface area contributed by atoms with Crippen LogP contribution in [0.4, 0.5) is 0 Å². The van der Waals surface area contributed by atoms with Gasteiger partial charge in [0.15, 0.2) is 5.58 Å². The molecule has 1 aromatic heterocycles. The standard InChI is InChI=1S/C22H24ClN3O3/c23-17-6-7-20-19(14-17)26(22(28)29-20)18-9-12-25(13-10-18)15-21(27)24-11-8-16-4-2-1-3-5-16/h1-7,14,18H,8-13,15H2,(H,24,27). The predicted molar refractivity (Wildman–Crippen MR) is 113 cm³/mol. The molecule has 0 spiro atoms. The van der Waals surface area contributed by atoms with Crippen molar-refractivity contribution in [2.45, 2.75) is 25.3 Å². The van der Waals surface area contributed by atoms with E-state index in [9.17, 15) is 9.59 Å². The highest BCUT2D eigenvalue weighted by Crippen LogP contribution is 2.27. The Morgan fingerprint density at radius 3 is 2.66 bits per heavy atom. The van der Waals surface area contributed by atoms with Gasteiger partial charge < -0.3 is 9.73 Å². The zero-order chi connectivity index (χ0) is 20.2. The number of piperidine rings is 1. The maximum absolute atomic E-state index is 12.3. The van der Waals surface area contributed by atoms with Crippen molar-refractivity contribution in [3.63, 3.8) is 0 Å². The van der Waals surface area contributed by atoms with Crippen molar-refractivity contribution < 1.29 is 9.21 Å². The molecule has 2 heterocycles. The smallest absolute Gasteiger partial charge is 0.408 e. The number of oxazole rings is 1. The first-order valence-electron chi connectivity index (χ1n) is 9.94. The van der Waals surface area contributed by atoms with Gasteiger partial charge >= 0.3 is 5.76 Å². The van der Waals surface area contributed by atoms with Crippen molar-refractivity contribution in [2.75, 3.05) is 26.2 Å². The minimum atomic E-state index is -0.348. The van der Waals surface area contributed by atoms with Crippen LogP contribution in [0.5, 0.6) is 0 Å². The number of rotatable bonds is 6. The van der Waals surface area contributed by atoms with Crippen LogP contribution in [0.3, 0.4) is 0 Å². The molecule has 1 saturated heterocycles. The maximum Gasteiger partial charge on any atom is 0.420 e. The van der Waals surface area contributed by atoms with Gasteiger partial charge in [-0.15, -0.1) is 0 Å². The number of halogens is 1. The second kappa shape index (κ2) is 8.84. The summed E-state index contributed by atoms with van der Waals surface area (Å²) in [6.45, 7) is 2.54. The Morgan fingerprint density at radius 1 is 1.14 bits per heavy atom. The summed E-state index contributed by atoms with van der Waals surface area (Å²) in [5.41, 5.74) is 2.51. The number of aromatic nitrogens is 1. The lowest BCUT2D eigenvalue weighted by atomic mass is 10.0. The van der Waals surface area contributed by atoms with Crippen LogP contribution < -0.4 is 11.1 Å². The molecule has 0 bridgehead atoms. The summed E-state index contributed by atoms with van der Waals surface area (Å²) in [6.07, 6.45) is 2.41. The Labute approximate surface area is 174 Å². The third kappa shape index (κ3) is 4.71. The molecule has 0 saturated carbocycles. The van der Waals surface area contributed by atoms with E-state index >= 15 is 0 Å². The van der Waals surface area contributed by atoms with Crippen molar-refractivity contribution >= 4 is 28.6 Å². The number of carbonyl (C=O) groups excluding carboxylic acids is 1. The van der Waals surface area contributed by atoms with E-state index < -0.39 is 0 Å². The summed E-state index contributed by atoms with van der Waals surface area (Å²) in [5.74, 6) is -0.309. The van der Waals surface area contributed by atoms with Crippen LogP contribution in [0, 0.1) is 0 Å². The van der Waals surface area contributed by atoms with Gasteiger partial charge in [0.2, 0.25) is 5.91 Å². The zero-order valence-corrected chi connectivity index (χ0v) is 16.9. The van der Waals surface area contributed by atoms with Crippen LogP contribution in [0.15, 0.2) is 57.7 Å². The Kier molecular flexibility index (Phi) is 6.02. The lowest BCUT2D eigenvalue weighted by Gasteiger charge is -2.31. The monoisotopic (exact) mass is 413 g/mol. The Morgan fingerprint density at radius 2 is 1.90 bits per heavy atom. The largest absolute Gasteiger partial charge is 0.420 e. The van der Waals surface area contributed by atoms with Crippen LogP contribution >= 0.6 is 11.6 Å². The van der Waals surface area contributed by atoms with Gasteiger partial charge in [0.25, 0.3) is 0 Å². The first-order valence-corrected chi connectivity index (χ1v) is 10.3. The van der Waals surface area contributed by atoms with Gasteiger partial charge in [-0.25, -0.2) is 4.79 Å². The van der Waals surface area contributed by atoms with Crippen LogP contribution in [0.1, 0.15) is 24.4 Å². The number of hydrogen-bond donors (Lipinski definition) is 1. The van der Waals surface area contributed by atoms with E-state index in [2.05, 4.69) is 22.3 Å². The van der Waals surface area contributed by atoms with Gasteiger partial charge in [-0.05, 0) is 43.0 Å². The fraction of sp³-hybridized carbons (Fsp3) is 0.364. The summed E-state index contributed by atoms with van der Waals surface area (Å²) < 4.78 is 7.06. The van der Waals surface area contributed by atoms with Crippen molar-refractivity contribution in [2.24, 2.45) is 0 Å². The van der Waals surface area contributed by atoms with E-state index in [1.807, 2.05) is 18.2 Å². The minimum absolute atomic E-state index is 0.0390. The summed E-state index contributed by atoms with van der Waals surface area (Å²) >= 11 is 6.09. The number of nitrogens with one attached hydrogen (secondary N) is 1. The second-order valence-corrected chi connectivity index (χ2v) is 7.88. The van der Waals surface area contributed by atoms with Gasteiger partial charge in [-0.2, -0.15) is 0 Å². The highest BCUT2D eigenvalue weighted by Gasteiger charge is 2.25. The lowest BCUT2D eigenvalue weighted by Crippen LogP contribution is -2.43. The van der Waals surface area contributed by atoms with Gasteiger partial charge in [0.05, 0.1) is 12.1 Å². The van der Waals surface area contributed by atoms with Crippen LogP contribution in [-0.4, -0.2) is 41.6 Å². The SMILES string of the molecule is O=C(CN1CCC(n2c(=O)oc3ccc(Cl)cc32)CC1)NCCc1ccccc1. The normalized spacial score (nSPS) is 15.6. The number of benzene rings is 2. The van der Waals surface area contributed by atoms with Gasteiger partial charge in [0.1, 0.15) is 0 Å². The molecule has 2 aromatic carbocycles. The topological polar surface area (TPSA) is 67.5 Å². The van der Waals surface area contributed by atoms with Crippen LogP contribution in [0.2, 0.25) is 5.02 Å². The molecule has 6 nitrogen and oxygen atoms in total. The van der Waals surface area contributed by atoms with Crippen molar-refractivity contribution in [1.29, 1.82) is 0 Å². The summed E-state index contributed by atoms with van der Waals surface area (Å²) in [5, 5.41) is 3.57. The average Bonchev–Trinajstić information content (AvgIpc) is 3.04. The van der Waals surface area contributed by atoms with Crippen LogP contribution in [-0.2, 0) is 11.2 Å². The molecule has 1 aliphatic rings. The molecule has 1 aliphatic heterocycles. The lowest BCUT2D eigenvalue weighted by molar-refractivity contribution is -0.122. The Hall–Kier alpha value is -2.57. The van der Waals surface area contributed by atoms with E-state index in [0.29, 0.717) is 23.7 Å². The summed E-state index contributed by atoms with van der Waals surface area (Å²) in [7, 11) is 0. The molecule has 0 unspecified atom stereocenters. The quantitative estimate of drug-likeness (QED) is 0.673. The molecule has 29 heavy (non-hydrogen) atoms. The Bertz CT molecular complexity index is 1040. The number of fused-ring (bicyclic) bond motifs is 1. The summed E-state index contributed by atoms with van der Waals surface area (Å²) in [6, 6.07) is 15.4. The third-order valence-corrected chi connectivity index (χ3v) is 5.68. The van der Waals surface area contributed by atoms with Crippen molar-refractivity contribution in [3.8, 4) is 0 Å². The van der Waals surface area contributed by atoms with E-state index in [4.69, 9.17) is 16.0 Å². The molecule has 3 aromatic rings. The van der Waals surface area contributed by atoms with E-state index in [1.165, 1.54) is 5.56 Å². The number of nitrogens with zero attached hydrogens (tertiary/aromatic N) is 2. The molecule has 1 fully saturated rings. The first-order chi connectivity index (χ1) is 14.1. The van der Waals surface area contributed by atoms with E-state index in [0.717, 1.165) is 37.9 Å². The van der Waals surface area contributed by atoms with E-state index in [-0.39, 0.29) is 17.7 Å². The zero-order valence-electron chi connectivity index (χ0n) is 16.1. The highest BCUT2D eigenvalue weighted by atomic mass is 35.5. The van der Waals surface area contributed by atoms with Crippen LogP contribution in [0.25, 0.3) is 11.1 Å². The molecular formula is C22H24ClN3O3. The maximum atomic E-state index is 12.3. The molecule has 0 aliphatic carbocycles. The summed E-state index contributed by atoms with van der Waals surface area (Å²) in [4.78, 5) is 26.7. The average molecular weight is 414 g/mol. The minimum Gasteiger partial charge on any atom is -0.408 e. The molecule has 1 N–H and O–H groups in total. The number of likely N-dealkylation sites (tertiary alicyclic amines) is 1. The molecule has 1 amide bonds. The van der Waals surface area contributed by atoms with Gasteiger partial charge in [-0.3, -0.25) is 14.3 Å². The highest BCUT2D eigenvalue weighted by molar-refractivity contribution is 6.31. The molecule has 7 heteroatoms. The fourth-order valence-corrected chi connectivity index (χ4v) is 4.10. The van der Waals surface area contributed by atoms with Gasteiger partial charge in [-0.1, -0.05) is 41.9 Å². The molecular weight excluding hydrogens is 390 g/mol. The van der Waals surface area contributed by atoms with E-state index in [1.54, 1.807) is 22.8 Å². The molecule has 0 atom stereocenters. The second-order valence-electron chi connectivity index (χ2n) is 7.44. The predicted octanol–water partition coefficient (Wildman–Crippen LogP) is 3.24. The molecule has 4 rings (SSSR count). The Balaban J connectivity index is 1.28. The molecule has 152 valence electrons. The van der Waals surface area contributed by atoms with Crippen molar-refractivity contribution in [1.82, 2.24) is 14.8 Å². The fourth-order valence-electron chi connectivity index (χ4n) is 3.94. The van der Waals surface area contributed by atoms with Gasteiger partial charge in [0, 0.05) is 30.7 Å². The molecule has 0 radical (unpaired) electrons. The third-order valence-electron chi connectivity index (χ3n) is 5.44. The first kappa shape index (κ1) is 19.7. The van der Waals surface area contributed by atoms with Crippen molar-refractivity contribution in [3.05, 3.63) is 69.7 Å². The number of amides is 1.